The number of carbonyl (C=O) groups excluding carboxylic acids is 1. The molecule has 0 unspecified atom stereocenters. The van der Waals surface area contributed by atoms with E-state index in [-0.39, 0.29) is 11.5 Å². The largest absolute Gasteiger partial charge is 0.370 e. The van der Waals surface area contributed by atoms with Gasteiger partial charge in [-0.15, -0.1) is 0 Å². The highest BCUT2D eigenvalue weighted by Crippen LogP contribution is 2.20. The first-order valence-electron chi connectivity index (χ1n) is 6.32. The van der Waals surface area contributed by atoms with Crippen LogP contribution in [0.2, 0.25) is 0 Å². The third kappa shape index (κ3) is 3.02. The molecule has 0 N–H and O–H groups in total. The average Bonchev–Trinajstić information content (AvgIpc) is 2.64. The number of rotatable bonds is 1. The summed E-state index contributed by atoms with van der Waals surface area (Å²) in [5.74, 6) is -0.416. The van der Waals surface area contributed by atoms with E-state index < -0.39 is 5.82 Å². The molecule has 0 radical (unpaired) electrons. The van der Waals surface area contributed by atoms with Crippen molar-refractivity contribution in [3.8, 4) is 6.07 Å². The maximum Gasteiger partial charge on any atom is 0.219 e. The van der Waals surface area contributed by atoms with Crippen LogP contribution < -0.4 is 4.90 Å². The van der Waals surface area contributed by atoms with Crippen LogP contribution in [0.4, 0.5) is 10.1 Å². The molecule has 4 nitrogen and oxygen atoms in total. The van der Waals surface area contributed by atoms with Crippen molar-refractivity contribution in [3.63, 3.8) is 0 Å². The summed E-state index contributed by atoms with van der Waals surface area (Å²) in [6.45, 7) is 4.43. The van der Waals surface area contributed by atoms with Crippen molar-refractivity contribution < 1.29 is 9.18 Å². The van der Waals surface area contributed by atoms with E-state index in [1.807, 2.05) is 11.0 Å². The van der Waals surface area contributed by atoms with Crippen LogP contribution in [0.25, 0.3) is 0 Å². The zero-order valence-electron chi connectivity index (χ0n) is 10.9. The fourth-order valence-electron chi connectivity index (χ4n) is 2.28. The Hall–Kier alpha value is -2.09. The number of halogens is 1. The predicted octanol–water partition coefficient (Wildman–Crippen LogP) is 1.76. The van der Waals surface area contributed by atoms with Crippen LogP contribution in [0.5, 0.6) is 0 Å². The van der Waals surface area contributed by atoms with Crippen molar-refractivity contribution in [2.24, 2.45) is 0 Å². The molecule has 1 saturated heterocycles. The number of anilines is 1. The summed E-state index contributed by atoms with van der Waals surface area (Å²) < 4.78 is 13.6. The number of hydrogen-bond acceptors (Lipinski definition) is 3. The lowest BCUT2D eigenvalue weighted by atomic mass is 10.2. The Morgan fingerprint density at radius 3 is 2.74 bits per heavy atom. The molecule has 1 fully saturated rings. The van der Waals surface area contributed by atoms with Gasteiger partial charge in [0.15, 0.2) is 0 Å². The van der Waals surface area contributed by atoms with Gasteiger partial charge in [0.25, 0.3) is 0 Å². The Bertz CT molecular complexity index is 524. The van der Waals surface area contributed by atoms with Gasteiger partial charge in [0.1, 0.15) is 11.9 Å². The second-order valence-corrected chi connectivity index (χ2v) is 4.62. The van der Waals surface area contributed by atoms with Crippen LogP contribution in [0.3, 0.4) is 0 Å². The van der Waals surface area contributed by atoms with E-state index in [0.29, 0.717) is 13.1 Å². The van der Waals surface area contributed by atoms with Gasteiger partial charge in [-0.1, -0.05) is 0 Å². The molecule has 0 saturated carbocycles. The highest BCUT2D eigenvalue weighted by molar-refractivity contribution is 5.73. The van der Waals surface area contributed by atoms with Crippen LogP contribution in [-0.2, 0) is 4.79 Å². The summed E-state index contributed by atoms with van der Waals surface area (Å²) >= 11 is 0. The molecule has 1 heterocycles. The molecule has 0 aromatic heterocycles. The van der Waals surface area contributed by atoms with E-state index in [1.165, 1.54) is 12.1 Å². The summed E-state index contributed by atoms with van der Waals surface area (Å²) in [5, 5.41) is 8.71. The fourth-order valence-corrected chi connectivity index (χ4v) is 2.28. The molecule has 1 aromatic rings. The second-order valence-electron chi connectivity index (χ2n) is 4.62. The number of carbonyl (C=O) groups is 1. The van der Waals surface area contributed by atoms with Crippen molar-refractivity contribution in [1.82, 2.24) is 4.90 Å². The third-order valence-electron chi connectivity index (χ3n) is 3.38. The molecule has 1 amide bonds. The second kappa shape index (κ2) is 5.70. The van der Waals surface area contributed by atoms with Gasteiger partial charge in [-0.25, -0.2) is 4.39 Å². The van der Waals surface area contributed by atoms with E-state index in [2.05, 4.69) is 0 Å². The van der Waals surface area contributed by atoms with Gasteiger partial charge in [0, 0.05) is 38.8 Å². The first-order chi connectivity index (χ1) is 9.11. The molecule has 0 spiro atoms. The van der Waals surface area contributed by atoms with Gasteiger partial charge in [0.05, 0.1) is 5.56 Å². The Labute approximate surface area is 112 Å². The zero-order chi connectivity index (χ0) is 13.8. The number of nitriles is 1. The third-order valence-corrected chi connectivity index (χ3v) is 3.38. The number of hydrogen-bond donors (Lipinski definition) is 0. The fraction of sp³-hybridized carbons (Fsp3) is 0.429. The number of nitrogens with zero attached hydrogens (tertiary/aromatic N) is 3. The molecule has 0 bridgehead atoms. The minimum atomic E-state index is -0.493. The van der Waals surface area contributed by atoms with E-state index in [9.17, 15) is 9.18 Å². The summed E-state index contributed by atoms with van der Waals surface area (Å²) in [6.07, 6.45) is 0.862. The smallest absolute Gasteiger partial charge is 0.219 e. The van der Waals surface area contributed by atoms with Gasteiger partial charge in [-0.3, -0.25) is 4.79 Å². The molecule has 0 atom stereocenters. The van der Waals surface area contributed by atoms with Crippen LogP contribution in [0.15, 0.2) is 18.2 Å². The van der Waals surface area contributed by atoms with Gasteiger partial charge >= 0.3 is 0 Å². The van der Waals surface area contributed by atoms with Gasteiger partial charge < -0.3 is 9.80 Å². The van der Waals surface area contributed by atoms with Crippen molar-refractivity contribution in [1.29, 1.82) is 5.26 Å². The molecule has 1 aliphatic rings. The standard InChI is InChI=1S/C14H16FN3O/c1-11(19)17-5-2-6-18(8-7-17)13-4-3-12(10-16)14(15)9-13/h3-4,9H,2,5-8H2,1H3. The summed E-state index contributed by atoms with van der Waals surface area (Å²) in [5.41, 5.74) is 0.825. The molecule has 1 aliphatic heterocycles. The lowest BCUT2D eigenvalue weighted by Gasteiger charge is -2.23. The SMILES string of the molecule is CC(=O)N1CCCN(c2ccc(C#N)c(F)c2)CC1. The van der Waals surface area contributed by atoms with Gasteiger partial charge in [0.2, 0.25) is 5.91 Å². The van der Waals surface area contributed by atoms with Crippen LogP contribution in [0, 0.1) is 17.1 Å². The first-order valence-corrected chi connectivity index (χ1v) is 6.32. The number of amides is 1. The molecule has 0 aliphatic carbocycles. The molecule has 100 valence electrons. The van der Waals surface area contributed by atoms with Crippen molar-refractivity contribution in [3.05, 3.63) is 29.6 Å². The molecule has 5 heteroatoms. The van der Waals surface area contributed by atoms with Crippen LogP contribution in [-0.4, -0.2) is 37.0 Å². The summed E-state index contributed by atoms with van der Waals surface area (Å²) in [4.78, 5) is 15.2. The summed E-state index contributed by atoms with van der Waals surface area (Å²) in [6, 6.07) is 6.46. The molecule has 2 rings (SSSR count). The molecule has 19 heavy (non-hydrogen) atoms. The topological polar surface area (TPSA) is 47.3 Å². The highest BCUT2D eigenvalue weighted by Gasteiger charge is 2.17. The monoisotopic (exact) mass is 261 g/mol. The van der Waals surface area contributed by atoms with E-state index >= 15 is 0 Å². The lowest BCUT2D eigenvalue weighted by Crippen LogP contribution is -2.33. The van der Waals surface area contributed by atoms with Crippen molar-refractivity contribution in [2.45, 2.75) is 13.3 Å². The van der Waals surface area contributed by atoms with Crippen LogP contribution in [0.1, 0.15) is 18.9 Å². The first kappa shape index (κ1) is 13.3. The highest BCUT2D eigenvalue weighted by atomic mass is 19.1. The van der Waals surface area contributed by atoms with Crippen molar-refractivity contribution >= 4 is 11.6 Å². The average molecular weight is 261 g/mol. The Kier molecular flexibility index (Phi) is 4.00. The normalized spacial score (nSPS) is 15.8. The molecular weight excluding hydrogens is 245 g/mol. The predicted molar refractivity (Wildman–Crippen MR) is 70.2 cm³/mol. The Balaban J connectivity index is 2.12. The molecular formula is C14H16FN3O. The van der Waals surface area contributed by atoms with Gasteiger partial charge in [-0.2, -0.15) is 5.26 Å². The van der Waals surface area contributed by atoms with Crippen LogP contribution >= 0.6 is 0 Å². The Morgan fingerprint density at radius 1 is 1.32 bits per heavy atom. The molecule has 1 aromatic carbocycles. The zero-order valence-corrected chi connectivity index (χ0v) is 10.9. The Morgan fingerprint density at radius 2 is 2.11 bits per heavy atom. The van der Waals surface area contributed by atoms with Crippen molar-refractivity contribution in [2.75, 3.05) is 31.1 Å². The maximum absolute atomic E-state index is 13.6. The minimum absolute atomic E-state index is 0.0592. The van der Waals surface area contributed by atoms with E-state index in [0.717, 1.165) is 25.2 Å². The summed E-state index contributed by atoms with van der Waals surface area (Å²) in [7, 11) is 0. The van der Waals surface area contributed by atoms with E-state index in [1.54, 1.807) is 17.9 Å². The lowest BCUT2D eigenvalue weighted by molar-refractivity contribution is -0.128. The quantitative estimate of drug-likeness (QED) is 0.774. The van der Waals surface area contributed by atoms with E-state index in [4.69, 9.17) is 5.26 Å². The minimum Gasteiger partial charge on any atom is -0.370 e. The number of benzene rings is 1. The van der Waals surface area contributed by atoms with Gasteiger partial charge in [-0.05, 0) is 24.6 Å². The maximum atomic E-state index is 13.6.